The van der Waals surface area contributed by atoms with E-state index in [4.69, 9.17) is 0 Å². The number of carbonyl (C=O) groups is 2. The van der Waals surface area contributed by atoms with E-state index in [1.807, 2.05) is 42.5 Å². The Morgan fingerprint density at radius 1 is 1.10 bits per heavy atom. The highest BCUT2D eigenvalue weighted by atomic mass is 16.2. The minimum atomic E-state index is -0.237. The van der Waals surface area contributed by atoms with Crippen molar-refractivity contribution in [2.75, 3.05) is 0 Å². The molecule has 1 aliphatic rings. The summed E-state index contributed by atoms with van der Waals surface area (Å²) in [6.07, 6.45) is 8.44. The predicted octanol–water partition coefficient (Wildman–Crippen LogP) is 2.74. The lowest BCUT2D eigenvalue weighted by Gasteiger charge is -2.18. The van der Waals surface area contributed by atoms with Crippen LogP contribution in [0.25, 0.3) is 6.08 Å². The van der Waals surface area contributed by atoms with Crippen LogP contribution in [0.3, 0.4) is 0 Å². The zero-order valence-corrected chi connectivity index (χ0v) is 16.4. The van der Waals surface area contributed by atoms with Crippen molar-refractivity contribution >= 4 is 17.9 Å². The van der Waals surface area contributed by atoms with Gasteiger partial charge in [-0.2, -0.15) is 5.10 Å². The number of nitrogens with one attached hydrogen (secondary N) is 2. The molecule has 152 valence electrons. The fourth-order valence-electron chi connectivity index (χ4n) is 3.07. The van der Waals surface area contributed by atoms with E-state index in [1.165, 1.54) is 12.4 Å². The third kappa shape index (κ3) is 5.41. The second-order valence-corrected chi connectivity index (χ2v) is 7.29. The zero-order valence-electron chi connectivity index (χ0n) is 16.4. The minimum absolute atomic E-state index is 0.0513. The van der Waals surface area contributed by atoms with Crippen LogP contribution in [0.5, 0.6) is 0 Å². The molecule has 7 heteroatoms. The molecule has 1 heterocycles. The summed E-state index contributed by atoms with van der Waals surface area (Å²) < 4.78 is 1.69. The highest BCUT2D eigenvalue weighted by Gasteiger charge is 2.23. The van der Waals surface area contributed by atoms with Gasteiger partial charge >= 0.3 is 0 Å². The molecule has 1 atom stereocenters. The lowest BCUT2D eigenvalue weighted by molar-refractivity contribution is -0.117. The summed E-state index contributed by atoms with van der Waals surface area (Å²) in [4.78, 5) is 28.5. The van der Waals surface area contributed by atoms with Crippen molar-refractivity contribution in [1.82, 2.24) is 25.4 Å². The lowest BCUT2D eigenvalue weighted by Crippen LogP contribution is -2.30. The minimum Gasteiger partial charge on any atom is -0.349 e. The molecule has 0 aliphatic heterocycles. The van der Waals surface area contributed by atoms with Crippen LogP contribution < -0.4 is 10.6 Å². The van der Waals surface area contributed by atoms with E-state index in [9.17, 15) is 9.59 Å². The first-order chi connectivity index (χ1) is 14.7. The SMILES string of the molecule is O=C(/C=C/c1ccc(C(=O)NC2CC2)cc1)NC(Cn1cncn1)c1ccccc1. The van der Waals surface area contributed by atoms with Crippen molar-refractivity contribution in [3.8, 4) is 0 Å². The van der Waals surface area contributed by atoms with Crippen molar-refractivity contribution in [3.05, 3.63) is 90.0 Å². The molecule has 1 unspecified atom stereocenters. The Hall–Kier alpha value is -3.74. The Labute approximate surface area is 174 Å². The fraction of sp³-hybridized carbons (Fsp3) is 0.217. The van der Waals surface area contributed by atoms with E-state index in [0.29, 0.717) is 18.2 Å². The van der Waals surface area contributed by atoms with E-state index in [1.54, 1.807) is 29.2 Å². The molecule has 1 aliphatic carbocycles. The monoisotopic (exact) mass is 401 g/mol. The van der Waals surface area contributed by atoms with Gasteiger partial charge in [0.15, 0.2) is 0 Å². The van der Waals surface area contributed by atoms with E-state index in [-0.39, 0.29) is 17.9 Å². The van der Waals surface area contributed by atoms with Gasteiger partial charge in [0.2, 0.25) is 5.91 Å². The predicted molar refractivity (Wildman–Crippen MR) is 113 cm³/mol. The molecule has 7 nitrogen and oxygen atoms in total. The average Bonchev–Trinajstić information content (AvgIpc) is 3.44. The second kappa shape index (κ2) is 9.17. The average molecular weight is 401 g/mol. The van der Waals surface area contributed by atoms with Gasteiger partial charge < -0.3 is 10.6 Å². The topological polar surface area (TPSA) is 88.9 Å². The molecular formula is C23H23N5O2. The van der Waals surface area contributed by atoms with Gasteiger partial charge in [0, 0.05) is 17.7 Å². The maximum atomic E-state index is 12.5. The molecule has 2 N–H and O–H groups in total. The van der Waals surface area contributed by atoms with Crippen LogP contribution in [-0.2, 0) is 11.3 Å². The van der Waals surface area contributed by atoms with Crippen molar-refractivity contribution in [1.29, 1.82) is 0 Å². The van der Waals surface area contributed by atoms with Gasteiger partial charge in [0.05, 0.1) is 12.6 Å². The number of rotatable bonds is 8. The Morgan fingerprint density at radius 2 is 1.87 bits per heavy atom. The fourth-order valence-corrected chi connectivity index (χ4v) is 3.07. The number of benzene rings is 2. The van der Waals surface area contributed by atoms with Crippen LogP contribution in [0.15, 0.2) is 73.3 Å². The number of hydrogen-bond acceptors (Lipinski definition) is 4. The first-order valence-electron chi connectivity index (χ1n) is 9.94. The standard InChI is InChI=1S/C23H23N5O2/c29-22(13-8-17-6-9-19(10-7-17)23(30)26-20-11-12-20)27-21(14-28-16-24-15-25-28)18-4-2-1-3-5-18/h1-10,13,15-16,20-21H,11-12,14H2,(H,26,30)(H,27,29)/b13-8+. The third-order valence-electron chi connectivity index (χ3n) is 4.87. The van der Waals surface area contributed by atoms with E-state index in [0.717, 1.165) is 24.0 Å². The number of amides is 2. The molecule has 3 aromatic rings. The molecule has 30 heavy (non-hydrogen) atoms. The molecule has 0 saturated heterocycles. The van der Waals surface area contributed by atoms with Gasteiger partial charge in [0.25, 0.3) is 5.91 Å². The molecule has 4 rings (SSSR count). The van der Waals surface area contributed by atoms with E-state index in [2.05, 4.69) is 20.7 Å². The summed E-state index contributed by atoms with van der Waals surface area (Å²) in [6, 6.07) is 17.0. The molecule has 1 aromatic heterocycles. The smallest absolute Gasteiger partial charge is 0.251 e. The van der Waals surface area contributed by atoms with Crippen molar-refractivity contribution in [3.63, 3.8) is 0 Å². The number of aromatic nitrogens is 3. The largest absolute Gasteiger partial charge is 0.349 e. The van der Waals surface area contributed by atoms with Gasteiger partial charge in [0.1, 0.15) is 12.7 Å². The van der Waals surface area contributed by atoms with Crippen LogP contribution in [0.1, 0.15) is 40.4 Å². The number of nitrogens with zero attached hydrogens (tertiary/aromatic N) is 3. The van der Waals surface area contributed by atoms with Crippen LogP contribution in [0.2, 0.25) is 0 Å². The molecule has 2 amide bonds. The van der Waals surface area contributed by atoms with Gasteiger partial charge in [-0.25, -0.2) is 4.98 Å². The Balaban J connectivity index is 1.38. The lowest BCUT2D eigenvalue weighted by atomic mass is 10.1. The van der Waals surface area contributed by atoms with Crippen LogP contribution in [0, 0.1) is 0 Å². The molecule has 0 radical (unpaired) electrons. The second-order valence-electron chi connectivity index (χ2n) is 7.29. The quantitative estimate of drug-likeness (QED) is 0.568. The number of hydrogen-bond donors (Lipinski definition) is 2. The normalized spacial score (nSPS) is 14.4. The molecular weight excluding hydrogens is 378 g/mol. The van der Waals surface area contributed by atoms with Gasteiger partial charge in [-0.3, -0.25) is 14.3 Å². The van der Waals surface area contributed by atoms with Gasteiger partial charge in [-0.15, -0.1) is 0 Å². The first kappa shape index (κ1) is 19.6. The van der Waals surface area contributed by atoms with Crippen LogP contribution >= 0.6 is 0 Å². The maximum absolute atomic E-state index is 12.5. The maximum Gasteiger partial charge on any atom is 0.251 e. The van der Waals surface area contributed by atoms with Crippen molar-refractivity contribution < 1.29 is 9.59 Å². The summed E-state index contributed by atoms with van der Waals surface area (Å²) >= 11 is 0. The Bertz CT molecular complexity index is 1010. The summed E-state index contributed by atoms with van der Waals surface area (Å²) in [6.45, 7) is 0.481. The Morgan fingerprint density at radius 3 is 2.53 bits per heavy atom. The summed E-state index contributed by atoms with van der Waals surface area (Å²) in [5.41, 5.74) is 2.46. The molecule has 1 fully saturated rings. The summed E-state index contributed by atoms with van der Waals surface area (Å²) in [5.74, 6) is -0.260. The molecule has 1 saturated carbocycles. The molecule has 0 spiro atoms. The summed E-state index contributed by atoms with van der Waals surface area (Å²) in [5, 5.41) is 10.1. The van der Waals surface area contributed by atoms with E-state index >= 15 is 0 Å². The van der Waals surface area contributed by atoms with E-state index < -0.39 is 0 Å². The summed E-state index contributed by atoms with van der Waals surface area (Å²) in [7, 11) is 0. The van der Waals surface area contributed by atoms with Crippen molar-refractivity contribution in [2.24, 2.45) is 0 Å². The zero-order chi connectivity index (χ0) is 20.8. The van der Waals surface area contributed by atoms with Gasteiger partial charge in [-0.05, 0) is 42.2 Å². The van der Waals surface area contributed by atoms with Crippen LogP contribution in [0.4, 0.5) is 0 Å². The van der Waals surface area contributed by atoms with Gasteiger partial charge in [-0.1, -0.05) is 42.5 Å². The van der Waals surface area contributed by atoms with Crippen molar-refractivity contribution in [2.45, 2.75) is 31.5 Å². The molecule has 0 bridgehead atoms. The van der Waals surface area contributed by atoms with Crippen LogP contribution in [-0.4, -0.2) is 32.6 Å². The highest BCUT2D eigenvalue weighted by molar-refractivity contribution is 5.95. The first-order valence-corrected chi connectivity index (χ1v) is 9.94. The molecule has 2 aromatic carbocycles. The Kier molecular flexibility index (Phi) is 5.98. The highest BCUT2D eigenvalue weighted by Crippen LogP contribution is 2.19. The number of carbonyl (C=O) groups excluding carboxylic acids is 2. The third-order valence-corrected chi connectivity index (χ3v) is 4.87.